The van der Waals surface area contributed by atoms with Gasteiger partial charge in [0.15, 0.2) is 6.61 Å². The number of benzene rings is 1. The number of nitrogens with one attached hydrogen (secondary N) is 1. The maximum absolute atomic E-state index is 12.7. The summed E-state index contributed by atoms with van der Waals surface area (Å²) in [6.07, 6.45) is 5.12. The highest BCUT2D eigenvalue weighted by Crippen LogP contribution is 2.23. The number of carbonyl (C=O) groups excluding carboxylic acids is 2. The average molecular weight is 370 g/mol. The molecule has 1 N–H and O–H groups in total. The second-order valence-corrected chi connectivity index (χ2v) is 6.22. The Kier molecular flexibility index (Phi) is 6.19. The minimum absolute atomic E-state index is 0.0549. The van der Waals surface area contributed by atoms with Crippen LogP contribution in [0.25, 0.3) is 0 Å². The molecule has 1 unspecified atom stereocenters. The van der Waals surface area contributed by atoms with Gasteiger partial charge < -0.3 is 19.7 Å². The molecule has 1 saturated heterocycles. The van der Waals surface area contributed by atoms with E-state index < -0.39 is 5.97 Å². The highest BCUT2D eigenvalue weighted by molar-refractivity contribution is 5.93. The Morgan fingerprint density at radius 2 is 2.07 bits per heavy atom. The molecule has 0 radical (unpaired) electrons. The van der Waals surface area contributed by atoms with E-state index in [4.69, 9.17) is 4.74 Å². The second kappa shape index (κ2) is 8.98. The Labute approximate surface area is 157 Å². The summed E-state index contributed by atoms with van der Waals surface area (Å²) < 4.78 is 9.89. The van der Waals surface area contributed by atoms with E-state index in [1.165, 1.54) is 7.11 Å². The molecule has 27 heavy (non-hydrogen) atoms. The van der Waals surface area contributed by atoms with Crippen LogP contribution in [0.5, 0.6) is 5.75 Å². The summed E-state index contributed by atoms with van der Waals surface area (Å²) >= 11 is 0. The molecule has 1 aromatic heterocycles. The van der Waals surface area contributed by atoms with Gasteiger partial charge in [-0.15, -0.1) is 0 Å². The maximum Gasteiger partial charge on any atom is 0.343 e. The molecule has 3 rings (SSSR count). The smallest absolute Gasteiger partial charge is 0.343 e. The molecule has 8 heteroatoms. The summed E-state index contributed by atoms with van der Waals surface area (Å²) in [6, 6.07) is 8.71. The van der Waals surface area contributed by atoms with Crippen molar-refractivity contribution in [2.24, 2.45) is 5.92 Å². The van der Waals surface area contributed by atoms with Crippen molar-refractivity contribution in [2.45, 2.75) is 12.8 Å². The van der Waals surface area contributed by atoms with E-state index in [2.05, 4.69) is 20.0 Å². The molecule has 2 aromatic rings. The normalized spacial score (nSPS) is 16.5. The fraction of sp³-hybridized carbons (Fsp3) is 0.368. The average Bonchev–Trinajstić information content (AvgIpc) is 2.73. The van der Waals surface area contributed by atoms with Crippen molar-refractivity contribution in [1.82, 2.24) is 9.97 Å². The molecule has 8 nitrogen and oxygen atoms in total. The minimum atomic E-state index is -0.463. The van der Waals surface area contributed by atoms with E-state index in [9.17, 15) is 9.59 Å². The van der Waals surface area contributed by atoms with Crippen LogP contribution in [-0.2, 0) is 14.3 Å². The van der Waals surface area contributed by atoms with E-state index in [0.29, 0.717) is 23.9 Å². The van der Waals surface area contributed by atoms with Gasteiger partial charge >= 0.3 is 5.97 Å². The van der Waals surface area contributed by atoms with Crippen molar-refractivity contribution in [1.29, 1.82) is 0 Å². The topological polar surface area (TPSA) is 93.6 Å². The Morgan fingerprint density at radius 3 is 2.85 bits per heavy atom. The molecule has 1 atom stereocenters. The van der Waals surface area contributed by atoms with Gasteiger partial charge in [0, 0.05) is 37.2 Å². The first-order chi connectivity index (χ1) is 13.2. The lowest BCUT2D eigenvalue weighted by atomic mass is 9.97. The van der Waals surface area contributed by atoms with Gasteiger partial charge in [0.05, 0.1) is 13.0 Å². The first-order valence-electron chi connectivity index (χ1n) is 8.78. The van der Waals surface area contributed by atoms with Crippen molar-refractivity contribution < 1.29 is 19.1 Å². The summed E-state index contributed by atoms with van der Waals surface area (Å²) in [6.45, 7) is 1.24. The largest absolute Gasteiger partial charge is 0.482 e. The van der Waals surface area contributed by atoms with E-state index in [0.717, 1.165) is 19.4 Å². The SMILES string of the molecule is COC(=O)COc1cccc(NC(=O)C2CCCN(c3ncccn3)C2)c1. The number of aromatic nitrogens is 2. The molecule has 0 saturated carbocycles. The van der Waals surface area contributed by atoms with Crippen LogP contribution < -0.4 is 15.0 Å². The molecule has 0 spiro atoms. The zero-order chi connectivity index (χ0) is 19.1. The highest BCUT2D eigenvalue weighted by Gasteiger charge is 2.27. The van der Waals surface area contributed by atoms with E-state index in [1.807, 2.05) is 4.90 Å². The van der Waals surface area contributed by atoms with E-state index in [1.54, 1.807) is 42.7 Å². The van der Waals surface area contributed by atoms with Crippen molar-refractivity contribution in [3.63, 3.8) is 0 Å². The highest BCUT2D eigenvalue weighted by atomic mass is 16.6. The van der Waals surface area contributed by atoms with Crippen molar-refractivity contribution in [3.8, 4) is 5.75 Å². The summed E-state index contributed by atoms with van der Waals surface area (Å²) in [4.78, 5) is 34.4. The first kappa shape index (κ1) is 18.6. The molecular formula is C19H22N4O4. The number of rotatable bonds is 6. The van der Waals surface area contributed by atoms with Gasteiger partial charge in [0.2, 0.25) is 11.9 Å². The third-order valence-corrected chi connectivity index (χ3v) is 4.31. The molecule has 2 heterocycles. The number of carbonyl (C=O) groups is 2. The summed E-state index contributed by atoms with van der Waals surface area (Å²) in [5.74, 6) is 0.465. The number of ether oxygens (including phenoxy) is 2. The quantitative estimate of drug-likeness (QED) is 0.776. The number of nitrogens with zero attached hydrogens (tertiary/aromatic N) is 3. The zero-order valence-corrected chi connectivity index (χ0v) is 15.1. The third kappa shape index (κ3) is 5.16. The molecule has 0 bridgehead atoms. The van der Waals surface area contributed by atoms with Crippen LogP contribution in [0.15, 0.2) is 42.7 Å². The Hall–Kier alpha value is -3.16. The minimum Gasteiger partial charge on any atom is -0.482 e. The Bertz CT molecular complexity index is 784. The number of piperidine rings is 1. The summed E-state index contributed by atoms with van der Waals surface area (Å²) in [5, 5.41) is 2.92. The zero-order valence-electron chi connectivity index (χ0n) is 15.1. The molecule has 142 valence electrons. The number of methoxy groups -OCH3 is 1. The van der Waals surface area contributed by atoms with Crippen molar-refractivity contribution >= 4 is 23.5 Å². The Morgan fingerprint density at radius 1 is 1.26 bits per heavy atom. The molecule has 0 aliphatic carbocycles. The van der Waals surface area contributed by atoms with Gasteiger partial charge in [-0.2, -0.15) is 0 Å². The van der Waals surface area contributed by atoms with Gasteiger partial charge in [-0.25, -0.2) is 14.8 Å². The van der Waals surface area contributed by atoms with Crippen LogP contribution in [0.3, 0.4) is 0 Å². The number of hydrogen-bond donors (Lipinski definition) is 1. The van der Waals surface area contributed by atoms with Gasteiger partial charge in [-0.1, -0.05) is 6.07 Å². The second-order valence-electron chi connectivity index (χ2n) is 6.22. The number of anilines is 2. The molecular weight excluding hydrogens is 348 g/mol. The fourth-order valence-electron chi connectivity index (χ4n) is 2.94. The first-order valence-corrected chi connectivity index (χ1v) is 8.78. The van der Waals surface area contributed by atoms with Crippen LogP contribution in [0, 0.1) is 5.92 Å². The Balaban J connectivity index is 1.59. The molecule has 1 aliphatic heterocycles. The van der Waals surface area contributed by atoms with Crippen LogP contribution in [0.4, 0.5) is 11.6 Å². The predicted octanol–water partition coefficient (Wildman–Crippen LogP) is 1.88. The monoisotopic (exact) mass is 370 g/mol. The third-order valence-electron chi connectivity index (χ3n) is 4.31. The number of hydrogen-bond acceptors (Lipinski definition) is 7. The van der Waals surface area contributed by atoms with E-state index >= 15 is 0 Å². The summed E-state index contributed by atoms with van der Waals surface area (Å²) in [7, 11) is 1.30. The van der Waals surface area contributed by atoms with Crippen LogP contribution in [0.1, 0.15) is 12.8 Å². The van der Waals surface area contributed by atoms with Gasteiger partial charge in [0.1, 0.15) is 5.75 Å². The summed E-state index contributed by atoms with van der Waals surface area (Å²) in [5.41, 5.74) is 0.621. The van der Waals surface area contributed by atoms with Gasteiger partial charge in [-0.05, 0) is 31.0 Å². The predicted molar refractivity (Wildman–Crippen MR) is 99.6 cm³/mol. The number of amides is 1. The maximum atomic E-state index is 12.7. The lowest BCUT2D eigenvalue weighted by molar-refractivity contribution is -0.142. The van der Waals surface area contributed by atoms with Crippen LogP contribution in [0.2, 0.25) is 0 Å². The lowest BCUT2D eigenvalue weighted by Gasteiger charge is -2.31. The van der Waals surface area contributed by atoms with E-state index in [-0.39, 0.29) is 18.4 Å². The fourth-order valence-corrected chi connectivity index (χ4v) is 2.94. The van der Waals surface area contributed by atoms with Crippen molar-refractivity contribution in [2.75, 3.05) is 37.0 Å². The van der Waals surface area contributed by atoms with Gasteiger partial charge in [-0.3, -0.25) is 4.79 Å². The lowest BCUT2D eigenvalue weighted by Crippen LogP contribution is -2.41. The molecule has 1 aromatic carbocycles. The van der Waals surface area contributed by atoms with Crippen LogP contribution in [-0.4, -0.2) is 48.7 Å². The standard InChI is InChI=1S/C19H22N4O4/c1-26-17(24)13-27-16-7-2-6-15(11-16)22-18(25)14-5-3-10-23(12-14)19-20-8-4-9-21-19/h2,4,6-9,11,14H,3,5,10,12-13H2,1H3,(H,22,25). The van der Waals surface area contributed by atoms with Crippen molar-refractivity contribution in [3.05, 3.63) is 42.7 Å². The molecule has 1 fully saturated rings. The molecule has 1 aliphatic rings. The van der Waals surface area contributed by atoms with Gasteiger partial charge in [0.25, 0.3) is 0 Å². The number of esters is 1. The molecule has 1 amide bonds. The van der Waals surface area contributed by atoms with Crippen LogP contribution >= 0.6 is 0 Å².